The van der Waals surface area contributed by atoms with E-state index in [2.05, 4.69) is 58.8 Å². The SMILES string of the molecule is CCc1cc(CNC(C)Cc2ccsc2)n(CC)n1. The van der Waals surface area contributed by atoms with Crippen molar-refractivity contribution in [3.05, 3.63) is 39.8 Å². The van der Waals surface area contributed by atoms with Crippen molar-refractivity contribution in [2.75, 3.05) is 0 Å². The Labute approximate surface area is 119 Å². The van der Waals surface area contributed by atoms with Crippen LogP contribution in [0.5, 0.6) is 0 Å². The van der Waals surface area contributed by atoms with Crippen LogP contribution in [0, 0.1) is 0 Å². The average molecular weight is 277 g/mol. The van der Waals surface area contributed by atoms with E-state index < -0.39 is 0 Å². The molecule has 4 heteroatoms. The molecule has 104 valence electrons. The minimum absolute atomic E-state index is 0.486. The zero-order valence-electron chi connectivity index (χ0n) is 12.0. The number of hydrogen-bond donors (Lipinski definition) is 1. The summed E-state index contributed by atoms with van der Waals surface area (Å²) in [5, 5.41) is 12.5. The molecule has 0 aromatic carbocycles. The molecule has 19 heavy (non-hydrogen) atoms. The van der Waals surface area contributed by atoms with Gasteiger partial charge in [-0.05, 0) is 55.1 Å². The Morgan fingerprint density at radius 3 is 2.89 bits per heavy atom. The quantitative estimate of drug-likeness (QED) is 0.842. The monoisotopic (exact) mass is 277 g/mol. The molecule has 0 aliphatic heterocycles. The Kier molecular flexibility index (Phi) is 5.16. The number of aryl methyl sites for hydroxylation is 2. The number of nitrogens with zero attached hydrogens (tertiary/aromatic N) is 2. The third-order valence-corrected chi connectivity index (χ3v) is 4.06. The van der Waals surface area contributed by atoms with Crippen molar-refractivity contribution in [3.8, 4) is 0 Å². The van der Waals surface area contributed by atoms with Crippen molar-refractivity contribution >= 4 is 11.3 Å². The van der Waals surface area contributed by atoms with Crippen molar-refractivity contribution in [1.29, 1.82) is 0 Å². The maximum absolute atomic E-state index is 4.58. The fraction of sp³-hybridized carbons (Fsp3) is 0.533. The molecule has 0 bridgehead atoms. The van der Waals surface area contributed by atoms with Gasteiger partial charge in [0.05, 0.1) is 11.4 Å². The number of thiophene rings is 1. The summed E-state index contributed by atoms with van der Waals surface area (Å²) >= 11 is 1.77. The molecule has 1 N–H and O–H groups in total. The van der Waals surface area contributed by atoms with Crippen molar-refractivity contribution in [1.82, 2.24) is 15.1 Å². The van der Waals surface area contributed by atoms with E-state index in [1.807, 2.05) is 0 Å². The number of nitrogens with one attached hydrogen (secondary N) is 1. The van der Waals surface area contributed by atoms with Crippen LogP contribution in [-0.2, 0) is 25.9 Å². The van der Waals surface area contributed by atoms with Crippen LogP contribution in [0.3, 0.4) is 0 Å². The van der Waals surface area contributed by atoms with Crippen LogP contribution in [0.15, 0.2) is 22.9 Å². The molecule has 2 aromatic rings. The lowest BCUT2D eigenvalue weighted by atomic mass is 10.1. The number of aromatic nitrogens is 2. The number of hydrogen-bond acceptors (Lipinski definition) is 3. The van der Waals surface area contributed by atoms with E-state index in [1.54, 1.807) is 11.3 Å². The first-order valence-electron chi connectivity index (χ1n) is 7.03. The molecule has 0 amide bonds. The molecule has 0 aliphatic carbocycles. The second kappa shape index (κ2) is 6.87. The maximum Gasteiger partial charge on any atom is 0.0625 e. The van der Waals surface area contributed by atoms with E-state index in [-0.39, 0.29) is 0 Å². The van der Waals surface area contributed by atoms with E-state index >= 15 is 0 Å². The molecule has 0 saturated carbocycles. The predicted molar refractivity (Wildman–Crippen MR) is 81.6 cm³/mol. The summed E-state index contributed by atoms with van der Waals surface area (Å²) in [6.45, 7) is 8.37. The van der Waals surface area contributed by atoms with Crippen LogP contribution < -0.4 is 5.32 Å². The lowest BCUT2D eigenvalue weighted by Crippen LogP contribution is -2.28. The van der Waals surface area contributed by atoms with Gasteiger partial charge in [0.25, 0.3) is 0 Å². The Bertz CT molecular complexity index is 487. The van der Waals surface area contributed by atoms with E-state index in [4.69, 9.17) is 0 Å². The lowest BCUT2D eigenvalue weighted by molar-refractivity contribution is 0.514. The highest BCUT2D eigenvalue weighted by molar-refractivity contribution is 7.07. The fourth-order valence-corrected chi connectivity index (χ4v) is 2.90. The van der Waals surface area contributed by atoms with Crippen molar-refractivity contribution in [3.63, 3.8) is 0 Å². The zero-order valence-corrected chi connectivity index (χ0v) is 12.8. The van der Waals surface area contributed by atoms with Crippen LogP contribution in [0.25, 0.3) is 0 Å². The van der Waals surface area contributed by atoms with Crippen molar-refractivity contribution < 1.29 is 0 Å². The first-order valence-corrected chi connectivity index (χ1v) is 7.97. The van der Waals surface area contributed by atoms with Gasteiger partial charge in [-0.15, -0.1) is 0 Å². The molecule has 0 fully saturated rings. The summed E-state index contributed by atoms with van der Waals surface area (Å²) in [6.07, 6.45) is 2.09. The lowest BCUT2D eigenvalue weighted by Gasteiger charge is -2.13. The molecule has 0 spiro atoms. The van der Waals surface area contributed by atoms with Crippen molar-refractivity contribution in [2.24, 2.45) is 0 Å². The molecule has 2 aromatic heterocycles. The van der Waals surface area contributed by atoms with Gasteiger partial charge >= 0.3 is 0 Å². The molecule has 2 heterocycles. The molecule has 1 unspecified atom stereocenters. The highest BCUT2D eigenvalue weighted by Crippen LogP contribution is 2.10. The standard InChI is InChI=1S/C15H23N3S/c1-4-14-9-15(18(5-2)17-14)10-16-12(3)8-13-6-7-19-11-13/h6-7,9,11-12,16H,4-5,8,10H2,1-3H3. The average Bonchev–Trinajstić information content (AvgIpc) is 3.04. The van der Waals surface area contributed by atoms with Gasteiger partial charge in [-0.3, -0.25) is 4.68 Å². The summed E-state index contributed by atoms with van der Waals surface area (Å²) in [6, 6.07) is 4.90. The number of rotatable bonds is 7. The van der Waals surface area contributed by atoms with Gasteiger partial charge < -0.3 is 5.32 Å². The molecule has 0 radical (unpaired) electrons. The van der Waals surface area contributed by atoms with Gasteiger partial charge in [-0.2, -0.15) is 16.4 Å². The van der Waals surface area contributed by atoms with Crippen LogP contribution in [0.1, 0.15) is 37.7 Å². The van der Waals surface area contributed by atoms with Crippen LogP contribution in [0.2, 0.25) is 0 Å². The highest BCUT2D eigenvalue weighted by Gasteiger charge is 2.08. The van der Waals surface area contributed by atoms with E-state index in [0.717, 1.165) is 25.9 Å². The Hall–Kier alpha value is -1.13. The molecule has 0 aliphatic rings. The topological polar surface area (TPSA) is 29.9 Å². The van der Waals surface area contributed by atoms with E-state index in [0.29, 0.717) is 6.04 Å². The van der Waals surface area contributed by atoms with Gasteiger partial charge in [0.15, 0.2) is 0 Å². The molecule has 0 saturated heterocycles. The second-order valence-electron chi connectivity index (χ2n) is 4.91. The van der Waals surface area contributed by atoms with Crippen LogP contribution in [-0.4, -0.2) is 15.8 Å². The van der Waals surface area contributed by atoms with Gasteiger partial charge in [0.1, 0.15) is 0 Å². The fourth-order valence-electron chi connectivity index (χ4n) is 2.22. The summed E-state index contributed by atoms with van der Waals surface area (Å²) in [5.41, 5.74) is 3.89. The molecular weight excluding hydrogens is 254 g/mol. The highest BCUT2D eigenvalue weighted by atomic mass is 32.1. The maximum atomic E-state index is 4.58. The minimum atomic E-state index is 0.486. The summed E-state index contributed by atoms with van der Waals surface area (Å²) in [5.74, 6) is 0. The summed E-state index contributed by atoms with van der Waals surface area (Å²) in [4.78, 5) is 0. The second-order valence-corrected chi connectivity index (χ2v) is 5.69. The third kappa shape index (κ3) is 3.91. The van der Waals surface area contributed by atoms with E-state index in [9.17, 15) is 0 Å². The zero-order chi connectivity index (χ0) is 13.7. The Balaban J connectivity index is 1.89. The van der Waals surface area contributed by atoms with Gasteiger partial charge in [-0.1, -0.05) is 6.92 Å². The normalized spacial score (nSPS) is 12.8. The van der Waals surface area contributed by atoms with Gasteiger partial charge in [0.2, 0.25) is 0 Å². The van der Waals surface area contributed by atoms with Crippen molar-refractivity contribution in [2.45, 2.75) is 52.7 Å². The predicted octanol–water partition coefficient (Wildman–Crippen LogP) is 3.25. The Morgan fingerprint density at radius 1 is 1.42 bits per heavy atom. The first-order chi connectivity index (χ1) is 9.22. The summed E-state index contributed by atoms with van der Waals surface area (Å²) < 4.78 is 2.10. The first kappa shape index (κ1) is 14.3. The van der Waals surface area contributed by atoms with E-state index in [1.165, 1.54) is 17.0 Å². The van der Waals surface area contributed by atoms with Gasteiger partial charge in [0, 0.05) is 19.1 Å². The minimum Gasteiger partial charge on any atom is -0.308 e. The molecular formula is C15H23N3S. The van der Waals surface area contributed by atoms with Crippen LogP contribution >= 0.6 is 11.3 Å². The van der Waals surface area contributed by atoms with Gasteiger partial charge in [-0.25, -0.2) is 0 Å². The molecule has 2 rings (SSSR count). The summed E-state index contributed by atoms with van der Waals surface area (Å²) in [7, 11) is 0. The molecule has 3 nitrogen and oxygen atoms in total. The molecule has 1 atom stereocenters. The smallest absolute Gasteiger partial charge is 0.0625 e. The van der Waals surface area contributed by atoms with Crippen LogP contribution in [0.4, 0.5) is 0 Å². The Morgan fingerprint density at radius 2 is 2.26 bits per heavy atom. The largest absolute Gasteiger partial charge is 0.308 e. The third-order valence-electron chi connectivity index (χ3n) is 3.33.